The van der Waals surface area contributed by atoms with Crippen molar-refractivity contribution in [2.24, 2.45) is 0 Å². The molecule has 0 spiro atoms. The monoisotopic (exact) mass is 260 g/mol. The SMILES string of the molecule is c1ccc2cc3c4c(ccc3cc2c1)CCCCCC4. The average Bonchev–Trinajstić information content (AvgIpc) is 2.45. The van der Waals surface area contributed by atoms with Crippen molar-refractivity contribution in [1.29, 1.82) is 0 Å². The van der Waals surface area contributed by atoms with E-state index in [0.29, 0.717) is 0 Å². The van der Waals surface area contributed by atoms with Crippen molar-refractivity contribution in [3.05, 3.63) is 59.7 Å². The van der Waals surface area contributed by atoms with Crippen molar-refractivity contribution in [3.63, 3.8) is 0 Å². The van der Waals surface area contributed by atoms with Crippen molar-refractivity contribution in [1.82, 2.24) is 0 Å². The van der Waals surface area contributed by atoms with E-state index in [1.54, 1.807) is 11.1 Å². The highest BCUT2D eigenvalue weighted by Gasteiger charge is 2.11. The van der Waals surface area contributed by atoms with Gasteiger partial charge in [-0.3, -0.25) is 0 Å². The number of hydrogen-bond donors (Lipinski definition) is 0. The summed E-state index contributed by atoms with van der Waals surface area (Å²) in [7, 11) is 0. The van der Waals surface area contributed by atoms with E-state index in [9.17, 15) is 0 Å². The highest BCUT2D eigenvalue weighted by atomic mass is 14.2. The second kappa shape index (κ2) is 4.94. The summed E-state index contributed by atoms with van der Waals surface area (Å²) in [5, 5.41) is 5.62. The molecular weight excluding hydrogens is 240 g/mol. The zero-order valence-corrected chi connectivity index (χ0v) is 11.9. The van der Waals surface area contributed by atoms with Crippen LogP contribution in [0.4, 0.5) is 0 Å². The Morgan fingerprint density at radius 1 is 0.600 bits per heavy atom. The third-order valence-corrected chi connectivity index (χ3v) is 4.72. The number of hydrogen-bond acceptors (Lipinski definition) is 0. The van der Waals surface area contributed by atoms with Crippen molar-refractivity contribution in [2.75, 3.05) is 0 Å². The van der Waals surface area contributed by atoms with Gasteiger partial charge in [-0.1, -0.05) is 49.2 Å². The molecule has 0 bridgehead atoms. The van der Waals surface area contributed by atoms with Crippen LogP contribution in [0.15, 0.2) is 48.5 Å². The van der Waals surface area contributed by atoms with Gasteiger partial charge in [-0.2, -0.15) is 0 Å². The van der Waals surface area contributed by atoms with Crippen LogP contribution in [0.1, 0.15) is 36.8 Å². The fraction of sp³-hybridized carbons (Fsp3) is 0.300. The first kappa shape index (κ1) is 12.0. The Hall–Kier alpha value is -1.82. The minimum atomic E-state index is 1.25. The van der Waals surface area contributed by atoms with E-state index in [1.165, 1.54) is 60.1 Å². The molecule has 0 heterocycles. The number of fused-ring (bicyclic) bond motifs is 4. The van der Waals surface area contributed by atoms with Crippen molar-refractivity contribution >= 4 is 21.5 Å². The van der Waals surface area contributed by atoms with Gasteiger partial charge in [-0.15, -0.1) is 0 Å². The van der Waals surface area contributed by atoms with Gasteiger partial charge in [0.1, 0.15) is 0 Å². The van der Waals surface area contributed by atoms with Gasteiger partial charge >= 0.3 is 0 Å². The van der Waals surface area contributed by atoms with Crippen LogP contribution >= 0.6 is 0 Å². The van der Waals surface area contributed by atoms with Gasteiger partial charge in [0.05, 0.1) is 0 Å². The lowest BCUT2D eigenvalue weighted by Crippen LogP contribution is -2.00. The molecule has 0 radical (unpaired) electrons. The van der Waals surface area contributed by atoms with Crippen LogP contribution in [0.2, 0.25) is 0 Å². The number of benzene rings is 3. The summed E-state index contributed by atoms with van der Waals surface area (Å²) < 4.78 is 0. The normalized spacial score (nSPS) is 15.8. The smallest absolute Gasteiger partial charge is 0.0143 e. The zero-order chi connectivity index (χ0) is 13.4. The number of aryl methyl sites for hydroxylation is 2. The molecule has 0 unspecified atom stereocenters. The van der Waals surface area contributed by atoms with Crippen molar-refractivity contribution in [3.8, 4) is 0 Å². The Bertz CT molecular complexity index is 767. The van der Waals surface area contributed by atoms with Crippen molar-refractivity contribution < 1.29 is 0 Å². The topological polar surface area (TPSA) is 0 Å². The van der Waals surface area contributed by atoms with Crippen LogP contribution in [-0.4, -0.2) is 0 Å². The van der Waals surface area contributed by atoms with E-state index >= 15 is 0 Å². The third kappa shape index (κ3) is 2.00. The lowest BCUT2D eigenvalue weighted by molar-refractivity contribution is 0.619. The van der Waals surface area contributed by atoms with Gasteiger partial charge in [0, 0.05) is 0 Å². The summed E-state index contributed by atoms with van der Waals surface area (Å²) >= 11 is 0. The van der Waals surface area contributed by atoms with Crippen LogP contribution in [0.25, 0.3) is 21.5 Å². The first-order chi connectivity index (χ1) is 9.92. The molecule has 3 aromatic rings. The molecular formula is C20H20. The van der Waals surface area contributed by atoms with Crippen LogP contribution < -0.4 is 0 Å². The standard InChI is InChI=1S/C20H20/c1-2-4-10-19-15(7-3-1)11-12-18-13-16-8-5-6-9-17(16)14-20(18)19/h5-6,8-9,11-14H,1-4,7,10H2. The molecule has 0 heteroatoms. The van der Waals surface area contributed by atoms with Crippen LogP contribution in [-0.2, 0) is 12.8 Å². The number of rotatable bonds is 0. The summed E-state index contributed by atoms with van der Waals surface area (Å²) in [6.45, 7) is 0. The molecule has 1 aliphatic carbocycles. The van der Waals surface area contributed by atoms with E-state index in [1.807, 2.05) is 0 Å². The summed E-state index contributed by atoms with van der Waals surface area (Å²) in [6, 6.07) is 18.2. The molecule has 0 nitrogen and oxygen atoms in total. The predicted molar refractivity (Wildman–Crippen MR) is 87.3 cm³/mol. The van der Waals surface area contributed by atoms with E-state index < -0.39 is 0 Å². The van der Waals surface area contributed by atoms with Crippen molar-refractivity contribution in [2.45, 2.75) is 38.5 Å². The molecule has 0 atom stereocenters. The van der Waals surface area contributed by atoms with Gasteiger partial charge in [0.2, 0.25) is 0 Å². The quantitative estimate of drug-likeness (QED) is 0.458. The Balaban J connectivity index is 2.00. The molecule has 0 saturated carbocycles. The Morgan fingerprint density at radius 3 is 2.20 bits per heavy atom. The van der Waals surface area contributed by atoms with Crippen LogP contribution in [0, 0.1) is 0 Å². The lowest BCUT2D eigenvalue weighted by Gasteiger charge is -2.17. The van der Waals surface area contributed by atoms with E-state index in [2.05, 4.69) is 48.5 Å². The summed E-state index contributed by atoms with van der Waals surface area (Å²) in [5.74, 6) is 0. The highest BCUT2D eigenvalue weighted by Crippen LogP contribution is 2.31. The molecule has 4 rings (SSSR count). The minimum absolute atomic E-state index is 1.25. The third-order valence-electron chi connectivity index (χ3n) is 4.72. The first-order valence-electron chi connectivity index (χ1n) is 7.85. The molecule has 1 aliphatic rings. The van der Waals surface area contributed by atoms with E-state index in [4.69, 9.17) is 0 Å². The van der Waals surface area contributed by atoms with Crippen LogP contribution in [0.5, 0.6) is 0 Å². The molecule has 0 aliphatic heterocycles. The van der Waals surface area contributed by atoms with E-state index in [-0.39, 0.29) is 0 Å². The summed E-state index contributed by atoms with van der Waals surface area (Å²) in [5.41, 5.74) is 3.21. The molecule has 3 aromatic carbocycles. The molecule has 0 amide bonds. The summed E-state index contributed by atoms with van der Waals surface area (Å²) in [4.78, 5) is 0. The Morgan fingerprint density at radius 2 is 1.35 bits per heavy atom. The van der Waals surface area contributed by atoms with E-state index in [0.717, 1.165) is 0 Å². The zero-order valence-electron chi connectivity index (χ0n) is 11.9. The van der Waals surface area contributed by atoms with Gasteiger partial charge in [-0.05, 0) is 70.5 Å². The predicted octanol–water partition coefficient (Wildman–Crippen LogP) is 5.65. The van der Waals surface area contributed by atoms with Crippen LogP contribution in [0.3, 0.4) is 0 Å². The summed E-state index contributed by atoms with van der Waals surface area (Å²) in [6.07, 6.45) is 8.01. The fourth-order valence-electron chi connectivity index (χ4n) is 3.62. The Labute approximate surface area is 120 Å². The maximum Gasteiger partial charge on any atom is -0.0143 e. The molecule has 100 valence electrons. The van der Waals surface area contributed by atoms with Gasteiger partial charge in [0.25, 0.3) is 0 Å². The second-order valence-electron chi connectivity index (χ2n) is 6.04. The largest absolute Gasteiger partial charge is 0.0616 e. The first-order valence-corrected chi connectivity index (χ1v) is 7.85. The van der Waals surface area contributed by atoms with Gasteiger partial charge < -0.3 is 0 Å². The Kier molecular flexibility index (Phi) is 2.95. The molecule has 0 N–H and O–H groups in total. The minimum Gasteiger partial charge on any atom is -0.0616 e. The maximum atomic E-state index is 2.41. The second-order valence-corrected chi connectivity index (χ2v) is 6.04. The molecule has 0 saturated heterocycles. The lowest BCUT2D eigenvalue weighted by atomic mass is 9.88. The molecule has 0 aromatic heterocycles. The van der Waals surface area contributed by atoms with Gasteiger partial charge in [0.15, 0.2) is 0 Å². The molecule has 0 fully saturated rings. The fourth-order valence-corrected chi connectivity index (χ4v) is 3.62. The maximum absolute atomic E-state index is 2.41. The average molecular weight is 260 g/mol. The van der Waals surface area contributed by atoms with Gasteiger partial charge in [-0.25, -0.2) is 0 Å². The highest BCUT2D eigenvalue weighted by molar-refractivity contribution is 6.00. The molecule has 20 heavy (non-hydrogen) atoms.